The molecule has 2 aromatic carbocycles. The van der Waals surface area contributed by atoms with Crippen LogP contribution >= 0.6 is 11.3 Å². The van der Waals surface area contributed by atoms with E-state index in [-0.39, 0.29) is 30.2 Å². The van der Waals surface area contributed by atoms with Gasteiger partial charge in [-0.3, -0.25) is 9.59 Å². The lowest BCUT2D eigenvalue weighted by Crippen LogP contribution is -2.43. The number of carbonyl (C=O) groups is 2. The molecule has 34 heavy (non-hydrogen) atoms. The Bertz CT molecular complexity index is 1040. The van der Waals surface area contributed by atoms with Crippen LogP contribution in [0.15, 0.2) is 78.2 Å². The molecule has 1 aliphatic rings. The second-order valence-electron chi connectivity index (χ2n) is 8.78. The number of amides is 2. The van der Waals surface area contributed by atoms with E-state index in [1.165, 1.54) is 5.56 Å². The van der Waals surface area contributed by atoms with Gasteiger partial charge in [-0.25, -0.2) is 0 Å². The van der Waals surface area contributed by atoms with E-state index in [9.17, 15) is 9.59 Å². The SMILES string of the molecule is COCCCN(CC(=O)N(Cc1ccccc1)Cc1cccs1)C(=O)C1CC1c1ccccc1. The summed E-state index contributed by atoms with van der Waals surface area (Å²) in [6.45, 7) is 2.25. The summed E-state index contributed by atoms with van der Waals surface area (Å²) in [6, 6.07) is 24.3. The van der Waals surface area contributed by atoms with Crippen molar-refractivity contribution in [2.45, 2.75) is 31.8 Å². The molecular formula is C28H32N2O3S. The lowest BCUT2D eigenvalue weighted by atomic mass is 10.1. The zero-order chi connectivity index (χ0) is 23.8. The van der Waals surface area contributed by atoms with E-state index < -0.39 is 0 Å². The first-order valence-electron chi connectivity index (χ1n) is 11.8. The third-order valence-corrected chi connectivity index (χ3v) is 7.11. The number of ether oxygens (including phenoxy) is 1. The molecule has 1 aliphatic carbocycles. The van der Waals surface area contributed by atoms with E-state index in [4.69, 9.17) is 4.74 Å². The summed E-state index contributed by atoms with van der Waals surface area (Å²) in [7, 11) is 1.66. The molecule has 1 aromatic heterocycles. The third-order valence-electron chi connectivity index (χ3n) is 6.25. The van der Waals surface area contributed by atoms with E-state index in [1.54, 1.807) is 23.3 Å². The number of carbonyl (C=O) groups excluding carboxylic acids is 2. The monoisotopic (exact) mass is 476 g/mol. The number of nitrogens with zero attached hydrogens (tertiary/aromatic N) is 2. The van der Waals surface area contributed by atoms with Crippen LogP contribution in [0.1, 0.15) is 34.8 Å². The zero-order valence-corrected chi connectivity index (χ0v) is 20.5. The summed E-state index contributed by atoms with van der Waals surface area (Å²) in [5.74, 6) is 0.256. The smallest absolute Gasteiger partial charge is 0.242 e. The van der Waals surface area contributed by atoms with Gasteiger partial charge in [-0.15, -0.1) is 11.3 Å². The second kappa shape index (κ2) is 12.0. The molecule has 0 aliphatic heterocycles. The maximum Gasteiger partial charge on any atom is 0.242 e. The van der Waals surface area contributed by atoms with Gasteiger partial charge in [0.2, 0.25) is 11.8 Å². The molecule has 0 spiro atoms. The lowest BCUT2D eigenvalue weighted by Gasteiger charge is -2.28. The van der Waals surface area contributed by atoms with Crippen LogP contribution in [-0.4, -0.2) is 48.4 Å². The number of methoxy groups -OCH3 is 1. The molecule has 5 nitrogen and oxygen atoms in total. The van der Waals surface area contributed by atoms with Gasteiger partial charge in [0.1, 0.15) is 0 Å². The average Bonchev–Trinajstić information content (AvgIpc) is 3.51. The first kappa shape index (κ1) is 24.2. The highest BCUT2D eigenvalue weighted by molar-refractivity contribution is 7.09. The van der Waals surface area contributed by atoms with Crippen molar-refractivity contribution in [3.8, 4) is 0 Å². The molecule has 3 aromatic rings. The fraction of sp³-hybridized carbons (Fsp3) is 0.357. The topological polar surface area (TPSA) is 49.9 Å². The van der Waals surface area contributed by atoms with Crippen LogP contribution in [-0.2, 0) is 27.4 Å². The van der Waals surface area contributed by atoms with Gasteiger partial charge in [-0.1, -0.05) is 66.7 Å². The molecule has 2 amide bonds. The number of hydrogen-bond donors (Lipinski definition) is 0. The Hall–Kier alpha value is -2.96. The van der Waals surface area contributed by atoms with Gasteiger partial charge >= 0.3 is 0 Å². The van der Waals surface area contributed by atoms with Crippen molar-refractivity contribution in [2.24, 2.45) is 5.92 Å². The molecule has 0 bridgehead atoms. The maximum atomic E-state index is 13.5. The Morgan fingerprint density at radius 1 is 0.941 bits per heavy atom. The number of rotatable bonds is 12. The average molecular weight is 477 g/mol. The molecule has 178 valence electrons. The van der Waals surface area contributed by atoms with Gasteiger partial charge in [0.15, 0.2) is 0 Å². The number of hydrogen-bond acceptors (Lipinski definition) is 4. The fourth-order valence-electron chi connectivity index (χ4n) is 4.33. The van der Waals surface area contributed by atoms with Crippen LogP contribution in [0.3, 0.4) is 0 Å². The van der Waals surface area contributed by atoms with E-state index in [2.05, 4.69) is 12.1 Å². The molecule has 0 saturated heterocycles. The number of thiophene rings is 1. The maximum absolute atomic E-state index is 13.5. The predicted octanol–water partition coefficient (Wildman–Crippen LogP) is 4.95. The summed E-state index contributed by atoms with van der Waals surface area (Å²) in [6.07, 6.45) is 1.56. The van der Waals surface area contributed by atoms with Gasteiger partial charge in [-0.05, 0) is 41.3 Å². The summed E-state index contributed by atoms with van der Waals surface area (Å²) < 4.78 is 5.21. The highest BCUT2D eigenvalue weighted by Gasteiger charge is 2.46. The minimum absolute atomic E-state index is 0.0278. The van der Waals surface area contributed by atoms with E-state index in [0.717, 1.165) is 16.9 Å². The Labute approximate surface area is 206 Å². The lowest BCUT2D eigenvalue weighted by molar-refractivity contribution is -0.142. The molecule has 1 fully saturated rings. The number of benzene rings is 2. The standard InChI is InChI=1S/C28H32N2O3S/c1-33-16-9-15-29(28(32)26-18-25(26)23-12-6-3-7-13-23)21-27(31)30(20-24-14-8-17-34-24)19-22-10-4-2-5-11-22/h2-8,10-14,17,25-26H,9,15-16,18-21H2,1H3. The minimum Gasteiger partial charge on any atom is -0.385 e. The Morgan fingerprint density at radius 2 is 1.68 bits per heavy atom. The van der Waals surface area contributed by atoms with Crippen molar-refractivity contribution in [1.29, 1.82) is 0 Å². The van der Waals surface area contributed by atoms with Crippen LogP contribution in [0.2, 0.25) is 0 Å². The van der Waals surface area contributed by atoms with Crippen LogP contribution in [0.5, 0.6) is 0 Å². The van der Waals surface area contributed by atoms with Crippen molar-refractivity contribution in [3.63, 3.8) is 0 Å². The van der Waals surface area contributed by atoms with E-state index >= 15 is 0 Å². The molecule has 1 heterocycles. The summed E-state index contributed by atoms with van der Waals surface area (Å²) in [5, 5.41) is 2.03. The van der Waals surface area contributed by atoms with Crippen molar-refractivity contribution in [3.05, 3.63) is 94.2 Å². The summed E-state index contributed by atoms with van der Waals surface area (Å²) in [4.78, 5) is 31.7. The van der Waals surface area contributed by atoms with Crippen LogP contribution in [0, 0.1) is 5.92 Å². The van der Waals surface area contributed by atoms with Gasteiger partial charge in [0.05, 0.1) is 13.1 Å². The van der Waals surface area contributed by atoms with Crippen LogP contribution in [0.25, 0.3) is 0 Å². The van der Waals surface area contributed by atoms with E-state index in [0.29, 0.717) is 32.7 Å². The minimum atomic E-state index is -0.0439. The van der Waals surface area contributed by atoms with Crippen LogP contribution in [0.4, 0.5) is 0 Å². The molecule has 0 radical (unpaired) electrons. The van der Waals surface area contributed by atoms with Crippen molar-refractivity contribution < 1.29 is 14.3 Å². The van der Waals surface area contributed by atoms with Crippen molar-refractivity contribution in [1.82, 2.24) is 9.80 Å². The second-order valence-corrected chi connectivity index (χ2v) is 9.81. The molecular weight excluding hydrogens is 444 g/mol. The Balaban J connectivity index is 1.46. The molecule has 1 saturated carbocycles. The summed E-state index contributed by atoms with van der Waals surface area (Å²) in [5.41, 5.74) is 2.28. The molecule has 2 unspecified atom stereocenters. The highest BCUT2D eigenvalue weighted by Crippen LogP contribution is 2.48. The van der Waals surface area contributed by atoms with Gasteiger partial charge in [-0.2, -0.15) is 0 Å². The third kappa shape index (κ3) is 6.55. The van der Waals surface area contributed by atoms with Crippen molar-refractivity contribution in [2.75, 3.05) is 26.8 Å². The summed E-state index contributed by atoms with van der Waals surface area (Å²) >= 11 is 1.64. The quantitative estimate of drug-likeness (QED) is 0.348. The first-order chi connectivity index (χ1) is 16.7. The molecule has 4 rings (SSSR count). The zero-order valence-electron chi connectivity index (χ0n) is 19.6. The molecule has 2 atom stereocenters. The van der Waals surface area contributed by atoms with Gasteiger partial charge in [0, 0.05) is 37.6 Å². The highest BCUT2D eigenvalue weighted by atomic mass is 32.1. The fourth-order valence-corrected chi connectivity index (χ4v) is 5.05. The Kier molecular flexibility index (Phi) is 8.50. The normalized spacial score (nSPS) is 16.7. The van der Waals surface area contributed by atoms with Gasteiger partial charge < -0.3 is 14.5 Å². The molecule has 0 N–H and O–H groups in total. The molecule has 6 heteroatoms. The predicted molar refractivity (Wildman–Crippen MR) is 135 cm³/mol. The first-order valence-corrected chi connectivity index (χ1v) is 12.7. The largest absolute Gasteiger partial charge is 0.385 e. The van der Waals surface area contributed by atoms with E-state index in [1.807, 2.05) is 70.9 Å². The van der Waals surface area contributed by atoms with Gasteiger partial charge in [0.25, 0.3) is 0 Å². The Morgan fingerprint density at radius 3 is 2.35 bits per heavy atom. The van der Waals surface area contributed by atoms with Crippen LogP contribution < -0.4 is 0 Å². The van der Waals surface area contributed by atoms with Crippen molar-refractivity contribution >= 4 is 23.2 Å².